The molecular formula is C44H28. The van der Waals surface area contributed by atoms with Crippen LogP contribution in [-0.2, 0) is 0 Å². The fraction of sp³-hybridized carbons (Fsp3) is 0. The molecule has 0 saturated heterocycles. The second kappa shape index (κ2) is 9.93. The van der Waals surface area contributed by atoms with Gasteiger partial charge in [0.2, 0.25) is 0 Å². The van der Waals surface area contributed by atoms with Crippen LogP contribution in [0.4, 0.5) is 0 Å². The Morgan fingerprint density at radius 1 is 0.273 bits per heavy atom. The van der Waals surface area contributed by atoms with Gasteiger partial charge in [-0.15, -0.1) is 0 Å². The highest BCUT2D eigenvalue weighted by atomic mass is 14.2. The van der Waals surface area contributed by atoms with Crippen molar-refractivity contribution in [2.45, 2.75) is 0 Å². The van der Waals surface area contributed by atoms with Crippen LogP contribution in [0.1, 0.15) is 34.3 Å². The molecule has 204 valence electrons. The minimum Gasteiger partial charge on any atom is -0.0622 e. The molecule has 0 aliphatic heterocycles. The third kappa shape index (κ3) is 3.65. The Morgan fingerprint density at radius 3 is 1.32 bits per heavy atom. The van der Waals surface area contributed by atoms with Gasteiger partial charge in [-0.25, -0.2) is 0 Å². The van der Waals surface area contributed by atoms with Gasteiger partial charge in [-0.3, -0.25) is 0 Å². The Hall–Kier alpha value is -5.72. The van der Waals surface area contributed by atoms with Crippen LogP contribution in [0.25, 0.3) is 87.2 Å². The number of hydrogen-bond acceptors (Lipinski definition) is 0. The molecule has 0 aromatic heterocycles. The second-order valence-corrected chi connectivity index (χ2v) is 9.73. The van der Waals surface area contributed by atoms with Gasteiger partial charge in [0.25, 0.3) is 0 Å². The van der Waals surface area contributed by atoms with Gasteiger partial charge in [-0.1, -0.05) is 169 Å². The molecule has 44 heavy (non-hydrogen) atoms. The number of fused-ring (bicyclic) bond motifs is 5. The zero-order valence-corrected chi connectivity index (χ0v) is 22.2. The topological polar surface area (TPSA) is 0 Å². The molecule has 0 unspecified atom stereocenters. The predicted molar refractivity (Wildman–Crippen MR) is 190 cm³/mol. The first-order chi connectivity index (χ1) is 32.2. The minimum absolute atomic E-state index is 0.330. The lowest BCUT2D eigenvalue weighted by molar-refractivity contribution is 1.66. The van der Waals surface area contributed by atoms with Gasteiger partial charge < -0.3 is 0 Å². The zero-order chi connectivity index (χ0) is 50.8. The molecule has 0 saturated carbocycles. The second-order valence-electron chi connectivity index (χ2n) is 9.73. The molecular weight excluding hydrogens is 528 g/mol. The van der Waals surface area contributed by atoms with E-state index in [9.17, 15) is 8.22 Å². The molecule has 0 N–H and O–H groups in total. The summed E-state index contributed by atoms with van der Waals surface area (Å²) in [5.41, 5.74) is -2.95. The summed E-state index contributed by atoms with van der Waals surface area (Å²) in [4.78, 5) is 0. The summed E-state index contributed by atoms with van der Waals surface area (Å²) in [5, 5.41) is -4.67. The molecule has 0 nitrogen and oxygen atoms in total. The predicted octanol–water partition coefficient (Wildman–Crippen LogP) is 12.5. The maximum Gasteiger partial charge on any atom is 0.0629 e. The van der Waals surface area contributed by atoms with Crippen LogP contribution < -0.4 is 0 Å². The summed E-state index contributed by atoms with van der Waals surface area (Å²) in [6.45, 7) is 0. The molecule has 9 aromatic carbocycles. The highest BCUT2D eigenvalue weighted by molar-refractivity contribution is 6.30. The monoisotopic (exact) mass is 581 g/mol. The van der Waals surface area contributed by atoms with Crippen molar-refractivity contribution in [1.82, 2.24) is 0 Å². The van der Waals surface area contributed by atoms with Crippen LogP contribution in [0, 0.1) is 0 Å². The van der Waals surface area contributed by atoms with Crippen LogP contribution in [0.15, 0.2) is 169 Å². The van der Waals surface area contributed by atoms with E-state index in [-0.39, 0.29) is 21.7 Å². The van der Waals surface area contributed by atoms with Crippen molar-refractivity contribution in [2.24, 2.45) is 0 Å². The Morgan fingerprint density at radius 2 is 0.682 bits per heavy atom. The average molecular weight is 582 g/mol. The lowest BCUT2D eigenvalue weighted by atomic mass is 9.80. The van der Waals surface area contributed by atoms with Crippen molar-refractivity contribution in [2.75, 3.05) is 0 Å². The lowest BCUT2D eigenvalue weighted by Crippen LogP contribution is -1.94. The SMILES string of the molecule is [2H]c1cc2c(-c3c4c([2H])c([2H])c([2H])cc4c(-c4c([2H])c([2H])c([2H])c5c([2H])c([2H])c([2H])c([2H])c45)c4c([2H])c([2H])c([2H])c([2H])c34)c3cc([2H])c([2H])c([2H])c3c(-c3c([2H])c([2H])c([2H])c([2H])c3[2H])c2c([2H])c1[2H]. The van der Waals surface area contributed by atoms with E-state index in [4.69, 9.17) is 26.0 Å². The molecule has 0 aliphatic carbocycles. The molecule has 0 heteroatoms. The van der Waals surface area contributed by atoms with Crippen molar-refractivity contribution in [3.05, 3.63) is 169 Å². The van der Waals surface area contributed by atoms with E-state index in [1.165, 1.54) is 0 Å². The molecule has 0 aliphatic rings. The van der Waals surface area contributed by atoms with Gasteiger partial charge in [-0.05, 0) is 87.2 Å². The Balaban J connectivity index is 1.72. The summed E-state index contributed by atoms with van der Waals surface area (Å²) in [5.74, 6) is 0. The molecule has 0 radical (unpaired) electrons. The van der Waals surface area contributed by atoms with Crippen LogP contribution >= 0.6 is 0 Å². The molecule has 0 atom stereocenters. The molecule has 0 amide bonds. The minimum atomic E-state index is -0.912. The van der Waals surface area contributed by atoms with E-state index >= 15 is 0 Å². The fourth-order valence-electron chi connectivity index (χ4n) is 5.84. The normalized spacial score (nSPS) is 19.6. The van der Waals surface area contributed by atoms with Gasteiger partial charge in [0.15, 0.2) is 0 Å². The first kappa shape index (κ1) is 10.5. The first-order valence-corrected chi connectivity index (χ1v) is 13.2. The van der Waals surface area contributed by atoms with Crippen molar-refractivity contribution >= 4 is 53.9 Å². The van der Waals surface area contributed by atoms with Crippen molar-refractivity contribution in [3.8, 4) is 33.4 Å². The maximum atomic E-state index is 9.61. The Kier molecular flexibility index (Phi) is 2.36. The zero-order valence-electron chi connectivity index (χ0n) is 47.2. The third-order valence-electron chi connectivity index (χ3n) is 7.54. The Labute approximate surface area is 291 Å². The van der Waals surface area contributed by atoms with Crippen molar-refractivity contribution < 1.29 is 34.3 Å². The molecule has 0 bridgehead atoms. The van der Waals surface area contributed by atoms with E-state index < -0.39 is 217 Å². The van der Waals surface area contributed by atoms with Crippen molar-refractivity contribution in [1.29, 1.82) is 0 Å². The highest BCUT2D eigenvalue weighted by Crippen LogP contribution is 2.50. The van der Waals surface area contributed by atoms with Crippen LogP contribution in [-0.4, -0.2) is 0 Å². The molecule has 9 rings (SSSR count). The first-order valence-electron chi connectivity index (χ1n) is 25.7. The molecule has 0 heterocycles. The van der Waals surface area contributed by atoms with E-state index in [0.717, 1.165) is 18.2 Å². The number of hydrogen-bond donors (Lipinski definition) is 0. The van der Waals surface area contributed by atoms with E-state index in [0.29, 0.717) is 0 Å². The highest BCUT2D eigenvalue weighted by Gasteiger charge is 2.22. The van der Waals surface area contributed by atoms with Crippen LogP contribution in [0.2, 0.25) is 0 Å². The van der Waals surface area contributed by atoms with Gasteiger partial charge in [0.05, 0.1) is 34.3 Å². The van der Waals surface area contributed by atoms with E-state index in [1.807, 2.05) is 0 Å². The summed E-state index contributed by atoms with van der Waals surface area (Å²) >= 11 is 0. The largest absolute Gasteiger partial charge is 0.0629 e. The van der Waals surface area contributed by atoms with Gasteiger partial charge in [0, 0.05) is 0 Å². The van der Waals surface area contributed by atoms with Crippen molar-refractivity contribution in [3.63, 3.8) is 0 Å². The lowest BCUT2D eigenvalue weighted by Gasteiger charge is -2.22. The standard InChI is InChI=1S/C44H28/c1-2-16-30(17-3-1)41-33-20-6-10-24-37(33)43(38-25-11-7-21-34(38)41)44-39-26-12-8-22-35(39)42(36-23-9-13-27-40(36)44)32-28-14-18-29-15-4-5-19-31(29)32/h1-28H/i1D,2D,3D,4D,5D,6D,7D,8D,9D,10D,11D,12D,13D,14D,15D,16D,17D,18D,19D,20D,21D,22D,26D,27D,28D. The quantitative estimate of drug-likeness (QED) is 0.182. The van der Waals surface area contributed by atoms with Crippen LogP contribution in [0.3, 0.4) is 0 Å². The fourth-order valence-corrected chi connectivity index (χ4v) is 5.84. The average Bonchev–Trinajstić information content (AvgIpc) is 3.31. The Bertz CT molecular complexity index is 3840. The van der Waals surface area contributed by atoms with Gasteiger partial charge in [0.1, 0.15) is 0 Å². The number of rotatable bonds is 3. The summed E-state index contributed by atoms with van der Waals surface area (Å²) in [6.07, 6.45) is 0. The van der Waals surface area contributed by atoms with E-state index in [2.05, 4.69) is 0 Å². The van der Waals surface area contributed by atoms with Crippen LogP contribution in [0.5, 0.6) is 0 Å². The third-order valence-corrected chi connectivity index (χ3v) is 7.54. The molecule has 9 aromatic rings. The van der Waals surface area contributed by atoms with Gasteiger partial charge in [-0.2, -0.15) is 0 Å². The van der Waals surface area contributed by atoms with Gasteiger partial charge >= 0.3 is 0 Å². The van der Waals surface area contributed by atoms with E-state index in [1.54, 1.807) is 0 Å². The molecule has 0 fully saturated rings. The molecule has 0 spiro atoms. The smallest absolute Gasteiger partial charge is 0.0622 e. The number of benzene rings is 9. The summed E-state index contributed by atoms with van der Waals surface area (Å²) < 4.78 is 224. The summed E-state index contributed by atoms with van der Waals surface area (Å²) in [6, 6.07) is -17.3. The summed E-state index contributed by atoms with van der Waals surface area (Å²) in [7, 11) is 0. The maximum absolute atomic E-state index is 9.61.